The van der Waals surface area contributed by atoms with Crippen LogP contribution in [0.5, 0.6) is 0 Å². The van der Waals surface area contributed by atoms with E-state index in [1.807, 2.05) is 25.1 Å². The third-order valence-electron chi connectivity index (χ3n) is 2.88. The molecule has 2 N–H and O–H groups in total. The molecule has 2 unspecified atom stereocenters. The van der Waals surface area contributed by atoms with Crippen molar-refractivity contribution < 1.29 is 9.52 Å². The third kappa shape index (κ3) is 4.39. The number of nitrogens with one attached hydrogen (secondary N) is 1. The summed E-state index contributed by atoms with van der Waals surface area (Å²) in [7, 11) is 0. The normalized spacial score (nSPS) is 14.6. The van der Waals surface area contributed by atoms with Crippen molar-refractivity contribution in [3.05, 3.63) is 66.1 Å². The number of furan rings is 1. The third-order valence-corrected chi connectivity index (χ3v) is 2.88. The average molecular weight is 257 g/mol. The van der Waals surface area contributed by atoms with Crippen LogP contribution >= 0.6 is 0 Å². The number of benzene rings is 1. The minimum atomic E-state index is -0.609. The zero-order chi connectivity index (χ0) is 13.5. The van der Waals surface area contributed by atoms with Crippen LogP contribution in [0.3, 0.4) is 0 Å². The zero-order valence-corrected chi connectivity index (χ0v) is 11.0. The van der Waals surface area contributed by atoms with Gasteiger partial charge in [0.1, 0.15) is 11.9 Å². The van der Waals surface area contributed by atoms with E-state index in [-0.39, 0.29) is 6.04 Å². The molecule has 0 aliphatic carbocycles. The maximum Gasteiger partial charge on any atom is 0.133 e. The highest BCUT2D eigenvalue weighted by atomic mass is 16.4. The molecule has 0 saturated carbocycles. The monoisotopic (exact) mass is 257 g/mol. The Morgan fingerprint density at radius 1 is 1.21 bits per heavy atom. The molecule has 0 bridgehead atoms. The van der Waals surface area contributed by atoms with Gasteiger partial charge in [-0.05, 0) is 24.6 Å². The molecule has 19 heavy (non-hydrogen) atoms. The summed E-state index contributed by atoms with van der Waals surface area (Å²) in [6, 6.07) is 13.9. The molecule has 1 aromatic heterocycles. The van der Waals surface area contributed by atoms with Crippen LogP contribution in [0.25, 0.3) is 6.08 Å². The van der Waals surface area contributed by atoms with Crippen molar-refractivity contribution in [3.63, 3.8) is 0 Å². The van der Waals surface area contributed by atoms with Crippen molar-refractivity contribution in [1.82, 2.24) is 5.32 Å². The Hall–Kier alpha value is -1.84. The Morgan fingerprint density at radius 3 is 2.68 bits per heavy atom. The van der Waals surface area contributed by atoms with Crippen molar-refractivity contribution in [2.75, 3.05) is 6.54 Å². The fourth-order valence-electron chi connectivity index (χ4n) is 1.77. The fraction of sp³-hybridized carbons (Fsp3) is 0.250. The van der Waals surface area contributed by atoms with E-state index < -0.39 is 6.10 Å². The van der Waals surface area contributed by atoms with Crippen LogP contribution in [-0.2, 0) is 0 Å². The van der Waals surface area contributed by atoms with E-state index in [2.05, 4.69) is 29.6 Å². The number of rotatable bonds is 6. The summed E-state index contributed by atoms with van der Waals surface area (Å²) in [5.41, 5.74) is 1.17. The van der Waals surface area contributed by atoms with Crippen LogP contribution in [0.2, 0.25) is 0 Å². The van der Waals surface area contributed by atoms with E-state index >= 15 is 0 Å². The molecule has 1 heterocycles. The van der Waals surface area contributed by atoms with Gasteiger partial charge in [0.15, 0.2) is 0 Å². The Labute approximate surface area is 113 Å². The van der Waals surface area contributed by atoms with Gasteiger partial charge in [-0.1, -0.05) is 42.5 Å². The Balaban J connectivity index is 1.79. The molecule has 0 spiro atoms. The molecule has 100 valence electrons. The molecule has 3 heteroatoms. The summed E-state index contributed by atoms with van der Waals surface area (Å²) >= 11 is 0. The van der Waals surface area contributed by atoms with Crippen LogP contribution in [0, 0.1) is 0 Å². The molecule has 0 aliphatic heterocycles. The van der Waals surface area contributed by atoms with Gasteiger partial charge in [-0.2, -0.15) is 0 Å². The zero-order valence-electron chi connectivity index (χ0n) is 11.0. The molecule has 0 fully saturated rings. The molecule has 2 aromatic rings. The number of aliphatic hydroxyl groups is 1. The minimum absolute atomic E-state index is 0.185. The van der Waals surface area contributed by atoms with Crippen molar-refractivity contribution in [1.29, 1.82) is 0 Å². The van der Waals surface area contributed by atoms with Gasteiger partial charge in [-0.25, -0.2) is 0 Å². The van der Waals surface area contributed by atoms with Crippen LogP contribution in [0.1, 0.15) is 24.4 Å². The first-order valence-corrected chi connectivity index (χ1v) is 6.44. The second-order valence-corrected chi connectivity index (χ2v) is 4.50. The predicted molar refractivity (Wildman–Crippen MR) is 76.6 cm³/mol. The standard InChI is InChI=1S/C16H19NO2/c1-13(9-10-14-6-3-2-4-7-14)17-12-15(18)16-8-5-11-19-16/h2-11,13,15,17-18H,12H2,1H3/b10-9+. The molecule has 0 radical (unpaired) electrons. The first kappa shape index (κ1) is 13.6. The van der Waals surface area contributed by atoms with Gasteiger partial charge in [-0.15, -0.1) is 0 Å². The van der Waals surface area contributed by atoms with E-state index in [4.69, 9.17) is 4.42 Å². The quantitative estimate of drug-likeness (QED) is 0.836. The molecule has 3 nitrogen and oxygen atoms in total. The van der Waals surface area contributed by atoms with Gasteiger partial charge in [0.25, 0.3) is 0 Å². The molecule has 1 aromatic carbocycles. The SMILES string of the molecule is CC(/C=C/c1ccccc1)NCC(O)c1ccco1. The number of aliphatic hydroxyl groups excluding tert-OH is 1. The second-order valence-electron chi connectivity index (χ2n) is 4.50. The van der Waals surface area contributed by atoms with Crippen LogP contribution in [0.15, 0.2) is 59.2 Å². The highest BCUT2D eigenvalue weighted by Crippen LogP contribution is 2.12. The van der Waals surface area contributed by atoms with Gasteiger partial charge in [0, 0.05) is 12.6 Å². The van der Waals surface area contributed by atoms with Gasteiger partial charge in [0.05, 0.1) is 6.26 Å². The fourth-order valence-corrected chi connectivity index (χ4v) is 1.77. The lowest BCUT2D eigenvalue weighted by molar-refractivity contribution is 0.146. The average Bonchev–Trinajstić information content (AvgIpc) is 2.98. The van der Waals surface area contributed by atoms with Crippen LogP contribution in [0.4, 0.5) is 0 Å². The topological polar surface area (TPSA) is 45.4 Å². The molecule has 2 rings (SSSR count). The Morgan fingerprint density at radius 2 is 2.00 bits per heavy atom. The predicted octanol–water partition coefficient (Wildman–Crippen LogP) is 3.00. The highest BCUT2D eigenvalue weighted by molar-refractivity contribution is 5.49. The summed E-state index contributed by atoms with van der Waals surface area (Å²) in [4.78, 5) is 0. The van der Waals surface area contributed by atoms with Crippen LogP contribution in [-0.4, -0.2) is 17.7 Å². The van der Waals surface area contributed by atoms with Crippen molar-refractivity contribution in [2.24, 2.45) is 0 Å². The van der Waals surface area contributed by atoms with Gasteiger partial charge < -0.3 is 14.8 Å². The maximum atomic E-state index is 9.86. The van der Waals surface area contributed by atoms with Crippen LogP contribution < -0.4 is 5.32 Å². The Kier molecular flexibility index (Phi) is 4.95. The molecular weight excluding hydrogens is 238 g/mol. The van der Waals surface area contributed by atoms with E-state index in [0.717, 1.165) is 0 Å². The van der Waals surface area contributed by atoms with Gasteiger partial charge in [0.2, 0.25) is 0 Å². The molecular formula is C16H19NO2. The maximum absolute atomic E-state index is 9.86. The van der Waals surface area contributed by atoms with Crippen molar-refractivity contribution in [3.8, 4) is 0 Å². The van der Waals surface area contributed by atoms with Gasteiger partial charge >= 0.3 is 0 Å². The van der Waals surface area contributed by atoms with Gasteiger partial charge in [-0.3, -0.25) is 0 Å². The smallest absolute Gasteiger partial charge is 0.133 e. The minimum Gasteiger partial charge on any atom is -0.467 e. The van der Waals surface area contributed by atoms with Crippen molar-refractivity contribution in [2.45, 2.75) is 19.1 Å². The summed E-state index contributed by atoms with van der Waals surface area (Å²) in [6.07, 6.45) is 5.10. The number of hydrogen-bond acceptors (Lipinski definition) is 3. The lowest BCUT2D eigenvalue weighted by Gasteiger charge is -2.12. The highest BCUT2D eigenvalue weighted by Gasteiger charge is 2.10. The lowest BCUT2D eigenvalue weighted by Crippen LogP contribution is -2.28. The summed E-state index contributed by atoms with van der Waals surface area (Å²) < 4.78 is 5.15. The first-order valence-electron chi connectivity index (χ1n) is 6.44. The molecule has 0 saturated heterocycles. The Bertz CT molecular complexity index is 491. The summed E-state index contributed by atoms with van der Waals surface area (Å²) in [6.45, 7) is 2.52. The van der Waals surface area contributed by atoms with E-state index in [9.17, 15) is 5.11 Å². The molecule has 0 amide bonds. The molecule has 2 atom stereocenters. The number of hydrogen-bond donors (Lipinski definition) is 2. The lowest BCUT2D eigenvalue weighted by atomic mass is 10.2. The van der Waals surface area contributed by atoms with E-state index in [0.29, 0.717) is 12.3 Å². The summed E-state index contributed by atoms with van der Waals surface area (Å²) in [5.74, 6) is 0.590. The molecule has 0 aliphatic rings. The van der Waals surface area contributed by atoms with Crippen molar-refractivity contribution >= 4 is 6.08 Å². The first-order chi connectivity index (χ1) is 9.25. The largest absolute Gasteiger partial charge is 0.467 e. The second kappa shape index (κ2) is 6.92. The van der Waals surface area contributed by atoms with E-state index in [1.54, 1.807) is 18.4 Å². The van der Waals surface area contributed by atoms with E-state index in [1.165, 1.54) is 5.56 Å². The summed E-state index contributed by atoms with van der Waals surface area (Å²) in [5, 5.41) is 13.1.